The number of hydrogen-bond acceptors (Lipinski definition) is 6. The van der Waals surface area contributed by atoms with Gasteiger partial charge in [0.2, 0.25) is 0 Å². The maximum atomic E-state index is 5.22. The zero-order chi connectivity index (χ0) is 69.4. The molecule has 0 aliphatic rings. The van der Waals surface area contributed by atoms with Crippen LogP contribution >= 0.6 is 0 Å². The molecular formula is C92H92N6. The molecule has 0 aliphatic heterocycles. The first-order valence-electron chi connectivity index (χ1n) is 34.7. The van der Waals surface area contributed by atoms with Crippen LogP contribution in [0, 0.1) is 0 Å². The van der Waals surface area contributed by atoms with Gasteiger partial charge in [-0.3, -0.25) is 0 Å². The zero-order valence-electron chi connectivity index (χ0n) is 60.6. The second-order valence-corrected chi connectivity index (χ2v) is 32.9. The molecule has 13 aromatic rings. The molecule has 0 saturated carbocycles. The Kier molecular flexibility index (Phi) is 17.1. The minimum atomic E-state index is -0.125. The molecule has 0 amide bonds. The first-order chi connectivity index (χ1) is 46.3. The SMILES string of the molecule is CC(C)(C)c1ccc(-c2nc(-c3ccc(-c4ccccc4-c4c5ccc(C(C)(C)C)cc5c(-c5ccccc5-c5ccc(-c6nc(-c7ccc(C(C)(C)C)cc7)nc(-c7ccc(C(C)(C)C)cc7)n6)cc5)c5ccc(C(C)(C)C)cc45)cc3)nc(-c3ccc(C(C)(C)C)cc3)n2)cc1. The fraction of sp³-hybridized carbons (Fsp3) is 0.261. The standard InChI is InChI=1S/C92H92N6/c1-87(2,3)65-43-35-61(36-44-65)83-93-81(94-84(97-83)62-37-45-66(46-38-62)88(4,5)6)59-31-27-57(28-32-59)71-23-19-21-25-73(71)79-75-53-51-70(92(16,17)18)56-78(75)80(76-54-52-69(55-77(76)79)91(13,14)15)74-26-22-20-24-72(74)58-29-33-60(34-30-58)82-95-85(63-39-47-67(48-40-63)89(7,8)9)98-86(96-82)64-41-49-68(50-42-64)90(10,11)12/h19-56H,1-18H3. The fourth-order valence-electron chi connectivity index (χ4n) is 13.2. The highest BCUT2D eigenvalue weighted by Crippen LogP contribution is 2.50. The number of benzene rings is 11. The van der Waals surface area contributed by atoms with Gasteiger partial charge in [0.15, 0.2) is 34.9 Å². The first-order valence-corrected chi connectivity index (χ1v) is 34.7. The van der Waals surface area contributed by atoms with Gasteiger partial charge in [0.1, 0.15) is 0 Å². The van der Waals surface area contributed by atoms with Crippen molar-refractivity contribution >= 4 is 21.5 Å². The van der Waals surface area contributed by atoms with Crippen LogP contribution in [0.3, 0.4) is 0 Å². The molecule has 98 heavy (non-hydrogen) atoms. The third-order valence-corrected chi connectivity index (χ3v) is 19.5. The van der Waals surface area contributed by atoms with E-state index in [4.69, 9.17) is 29.9 Å². The smallest absolute Gasteiger partial charge is 0.164 e. The molecule has 6 heteroatoms. The zero-order valence-corrected chi connectivity index (χ0v) is 60.6. The molecule has 0 bridgehead atoms. The van der Waals surface area contributed by atoms with Crippen molar-refractivity contribution in [2.24, 2.45) is 0 Å². The van der Waals surface area contributed by atoms with Gasteiger partial charge in [-0.2, -0.15) is 0 Å². The highest BCUT2D eigenvalue weighted by molar-refractivity contribution is 6.23. The van der Waals surface area contributed by atoms with Gasteiger partial charge >= 0.3 is 0 Å². The molecule has 2 heterocycles. The van der Waals surface area contributed by atoms with Crippen molar-refractivity contribution in [3.8, 4) is 113 Å². The van der Waals surface area contributed by atoms with Crippen molar-refractivity contribution in [1.82, 2.24) is 29.9 Å². The van der Waals surface area contributed by atoms with Crippen molar-refractivity contribution < 1.29 is 0 Å². The number of rotatable bonds is 10. The highest BCUT2D eigenvalue weighted by atomic mass is 15.0. The molecular weight excluding hydrogens is 1190 g/mol. The highest BCUT2D eigenvalue weighted by Gasteiger charge is 2.27. The monoisotopic (exact) mass is 1280 g/mol. The predicted molar refractivity (Wildman–Crippen MR) is 415 cm³/mol. The van der Waals surface area contributed by atoms with Gasteiger partial charge < -0.3 is 0 Å². The second-order valence-electron chi connectivity index (χ2n) is 32.9. The summed E-state index contributed by atoms with van der Waals surface area (Å²) in [6.07, 6.45) is 0. The van der Waals surface area contributed by atoms with Crippen molar-refractivity contribution in [1.29, 1.82) is 0 Å². The van der Waals surface area contributed by atoms with Crippen LogP contribution in [-0.4, -0.2) is 29.9 Å². The van der Waals surface area contributed by atoms with Crippen molar-refractivity contribution in [3.05, 3.63) is 264 Å². The van der Waals surface area contributed by atoms with Gasteiger partial charge in [0, 0.05) is 33.4 Å². The molecule has 490 valence electrons. The van der Waals surface area contributed by atoms with E-state index in [-0.39, 0.29) is 32.5 Å². The van der Waals surface area contributed by atoms with E-state index in [1.165, 1.54) is 66.1 Å². The normalized spacial score (nSPS) is 12.6. The molecule has 0 radical (unpaired) electrons. The lowest BCUT2D eigenvalue weighted by atomic mass is 9.78. The molecule has 11 aromatic carbocycles. The van der Waals surface area contributed by atoms with Crippen LogP contribution in [0.4, 0.5) is 0 Å². The van der Waals surface area contributed by atoms with E-state index in [0.29, 0.717) is 34.9 Å². The quantitative estimate of drug-likeness (QED) is 0.127. The van der Waals surface area contributed by atoms with Crippen molar-refractivity contribution in [2.75, 3.05) is 0 Å². The first kappa shape index (κ1) is 66.6. The Balaban J connectivity index is 0.939. The van der Waals surface area contributed by atoms with E-state index < -0.39 is 0 Å². The summed E-state index contributed by atoms with van der Waals surface area (Å²) in [7, 11) is 0. The van der Waals surface area contributed by atoms with Gasteiger partial charge in [-0.15, -0.1) is 0 Å². The third-order valence-electron chi connectivity index (χ3n) is 19.5. The van der Waals surface area contributed by atoms with E-state index in [1.54, 1.807) is 0 Å². The summed E-state index contributed by atoms with van der Waals surface area (Å²) in [4.78, 5) is 31.2. The molecule has 13 rings (SSSR count). The topological polar surface area (TPSA) is 77.3 Å². The minimum Gasteiger partial charge on any atom is -0.208 e. The van der Waals surface area contributed by atoms with Crippen LogP contribution in [-0.2, 0) is 32.5 Å². The largest absolute Gasteiger partial charge is 0.208 e. The summed E-state index contributed by atoms with van der Waals surface area (Å²) in [5, 5.41) is 4.80. The Hall–Kier alpha value is -10.0. The summed E-state index contributed by atoms with van der Waals surface area (Å²) in [5.41, 5.74) is 22.2. The molecule has 0 N–H and O–H groups in total. The van der Waals surface area contributed by atoms with E-state index in [1.807, 2.05) is 0 Å². The summed E-state index contributed by atoms with van der Waals surface area (Å²) >= 11 is 0. The Bertz CT molecular complexity index is 4640. The fourth-order valence-corrected chi connectivity index (χ4v) is 13.2. The molecule has 0 spiro atoms. The lowest BCUT2D eigenvalue weighted by molar-refractivity contribution is 0.590. The number of fused-ring (bicyclic) bond motifs is 2. The van der Waals surface area contributed by atoms with Crippen LogP contribution < -0.4 is 0 Å². The molecule has 6 nitrogen and oxygen atoms in total. The summed E-state index contributed by atoms with van der Waals surface area (Å²) in [5.74, 6) is 3.82. The lowest BCUT2D eigenvalue weighted by Crippen LogP contribution is -2.11. The van der Waals surface area contributed by atoms with Gasteiger partial charge in [0.05, 0.1) is 0 Å². The Morgan fingerprint density at radius 3 is 0.571 bits per heavy atom. The van der Waals surface area contributed by atoms with Gasteiger partial charge in [-0.05, 0) is 144 Å². The maximum Gasteiger partial charge on any atom is 0.164 e. The lowest BCUT2D eigenvalue weighted by Gasteiger charge is -2.26. The Labute approximate surface area is 581 Å². The van der Waals surface area contributed by atoms with Crippen LogP contribution in [0.1, 0.15) is 158 Å². The Morgan fingerprint density at radius 1 is 0.173 bits per heavy atom. The van der Waals surface area contributed by atoms with Gasteiger partial charge in [-0.1, -0.05) is 343 Å². The molecule has 0 aliphatic carbocycles. The van der Waals surface area contributed by atoms with E-state index in [0.717, 1.165) is 66.8 Å². The molecule has 0 fully saturated rings. The Morgan fingerprint density at radius 2 is 0.357 bits per heavy atom. The second kappa shape index (κ2) is 25.1. The predicted octanol–water partition coefficient (Wildman–Crippen LogP) is 24.8. The molecule has 0 saturated heterocycles. The van der Waals surface area contributed by atoms with E-state index in [2.05, 4.69) is 355 Å². The van der Waals surface area contributed by atoms with Gasteiger partial charge in [0.25, 0.3) is 0 Å². The van der Waals surface area contributed by atoms with Crippen LogP contribution in [0.15, 0.2) is 231 Å². The van der Waals surface area contributed by atoms with E-state index >= 15 is 0 Å². The van der Waals surface area contributed by atoms with Gasteiger partial charge in [-0.25, -0.2) is 29.9 Å². The summed E-state index contributed by atoms with van der Waals surface area (Å²) in [6.45, 7) is 40.8. The third kappa shape index (κ3) is 13.6. The number of nitrogens with zero attached hydrogens (tertiary/aromatic N) is 6. The average molecular weight is 1280 g/mol. The van der Waals surface area contributed by atoms with Crippen LogP contribution in [0.25, 0.3) is 134 Å². The average Bonchev–Trinajstić information content (AvgIpc) is 0.717. The summed E-state index contributed by atoms with van der Waals surface area (Å²) < 4.78 is 0. The van der Waals surface area contributed by atoms with Crippen LogP contribution in [0.2, 0.25) is 0 Å². The van der Waals surface area contributed by atoms with Crippen molar-refractivity contribution in [3.63, 3.8) is 0 Å². The van der Waals surface area contributed by atoms with Crippen LogP contribution in [0.5, 0.6) is 0 Å². The molecule has 0 unspecified atom stereocenters. The number of aromatic nitrogens is 6. The van der Waals surface area contributed by atoms with E-state index in [9.17, 15) is 0 Å². The molecule has 0 atom stereocenters. The summed E-state index contributed by atoms with van der Waals surface area (Å²) in [6, 6.07) is 84.7. The van der Waals surface area contributed by atoms with Crippen molar-refractivity contribution in [2.45, 2.75) is 157 Å². The molecule has 2 aromatic heterocycles. The maximum absolute atomic E-state index is 5.22. The minimum absolute atomic E-state index is 0.0128. The number of hydrogen-bond donors (Lipinski definition) is 0.